The largest absolute Gasteiger partial charge is 0.324 e. The molecule has 2 aliphatic rings. The number of halogens is 2. The van der Waals surface area contributed by atoms with Crippen LogP contribution in [0.2, 0.25) is 5.02 Å². The number of aromatic amines is 1. The van der Waals surface area contributed by atoms with Crippen LogP contribution in [0, 0.1) is 5.82 Å². The zero-order valence-electron chi connectivity index (χ0n) is 16.7. The Labute approximate surface area is 183 Å². The first kappa shape index (κ1) is 19.8. The number of fused-ring (bicyclic) bond motifs is 8. The maximum Gasteiger partial charge on any atom is 0.263 e. The van der Waals surface area contributed by atoms with Gasteiger partial charge < -0.3 is 9.88 Å². The van der Waals surface area contributed by atoms with E-state index in [2.05, 4.69) is 9.97 Å². The maximum atomic E-state index is 14.1. The van der Waals surface area contributed by atoms with Crippen LogP contribution in [0.15, 0.2) is 47.4 Å². The Kier molecular flexibility index (Phi) is 4.98. The Balaban J connectivity index is 1.74. The van der Waals surface area contributed by atoms with Gasteiger partial charge in [-0.25, -0.2) is 9.37 Å². The molecule has 8 heteroatoms. The molecule has 1 N–H and O–H groups in total. The summed E-state index contributed by atoms with van der Waals surface area (Å²) < 4.78 is 14.1. The Hall–Kier alpha value is -3.19. The Morgan fingerprint density at radius 1 is 0.968 bits per heavy atom. The monoisotopic (exact) mass is 438 g/mol. The number of amides is 1. The molecule has 0 fully saturated rings. The number of pyridine rings is 2. The minimum absolute atomic E-state index is 0.193. The molecule has 0 atom stereocenters. The second-order valence-electron chi connectivity index (χ2n) is 7.85. The normalized spacial score (nSPS) is 16.0. The first-order valence-electron chi connectivity index (χ1n) is 10.3. The van der Waals surface area contributed by atoms with Crippen LogP contribution in [-0.4, -0.2) is 22.5 Å². The van der Waals surface area contributed by atoms with Gasteiger partial charge in [-0.05, 0) is 61.6 Å². The van der Waals surface area contributed by atoms with Gasteiger partial charge in [0.25, 0.3) is 5.91 Å². The quantitative estimate of drug-likeness (QED) is 0.557. The fourth-order valence-electron chi connectivity index (χ4n) is 4.36. The number of hydrogen-bond acceptors (Lipinski definition) is 4. The number of aromatic nitrogens is 2. The fourth-order valence-corrected chi connectivity index (χ4v) is 4.52. The average molecular weight is 439 g/mol. The number of H-pyrrole nitrogens is 1. The van der Waals surface area contributed by atoms with Crippen LogP contribution in [0.4, 0.5) is 21.6 Å². The van der Waals surface area contributed by atoms with Crippen LogP contribution in [0.5, 0.6) is 0 Å². The number of nitrogens with one attached hydrogen (secondary N) is 1. The van der Waals surface area contributed by atoms with E-state index in [0.29, 0.717) is 34.9 Å². The SMILES string of the molecule is O=C1c2cc(Cl)cnc2N2CN1c1ccc(=O)[nH]c1CCCCCc1cc(F)ccc12. The molecular formula is C23H20ClFN4O2. The minimum Gasteiger partial charge on any atom is -0.324 e. The molecule has 0 radical (unpaired) electrons. The van der Waals surface area contributed by atoms with E-state index in [-0.39, 0.29) is 24.0 Å². The highest BCUT2D eigenvalue weighted by atomic mass is 35.5. The summed E-state index contributed by atoms with van der Waals surface area (Å²) >= 11 is 6.17. The van der Waals surface area contributed by atoms with Crippen LogP contribution in [0.3, 0.4) is 0 Å². The molecule has 6 nitrogen and oxygen atoms in total. The van der Waals surface area contributed by atoms with Crippen LogP contribution >= 0.6 is 11.6 Å². The predicted octanol–water partition coefficient (Wildman–Crippen LogP) is 4.59. The molecule has 0 saturated carbocycles. The number of benzene rings is 1. The molecule has 2 aromatic heterocycles. The smallest absolute Gasteiger partial charge is 0.263 e. The van der Waals surface area contributed by atoms with E-state index in [1.54, 1.807) is 29.2 Å². The molecular weight excluding hydrogens is 419 g/mol. The molecule has 31 heavy (non-hydrogen) atoms. The van der Waals surface area contributed by atoms with Crippen LogP contribution in [-0.2, 0) is 12.8 Å². The summed E-state index contributed by atoms with van der Waals surface area (Å²) in [5, 5.41) is 0.357. The average Bonchev–Trinajstić information content (AvgIpc) is 2.74. The summed E-state index contributed by atoms with van der Waals surface area (Å²) in [7, 11) is 0. The molecule has 4 heterocycles. The van der Waals surface area contributed by atoms with Gasteiger partial charge in [0, 0.05) is 23.6 Å². The lowest BCUT2D eigenvalue weighted by molar-refractivity contribution is 0.0982. The number of hydrogen-bond donors (Lipinski definition) is 1. The minimum atomic E-state index is -0.289. The lowest BCUT2D eigenvalue weighted by Gasteiger charge is -2.38. The van der Waals surface area contributed by atoms with Crippen LogP contribution in [0.1, 0.15) is 40.9 Å². The van der Waals surface area contributed by atoms with E-state index in [4.69, 9.17) is 11.6 Å². The van der Waals surface area contributed by atoms with Crippen molar-refractivity contribution >= 4 is 34.7 Å². The van der Waals surface area contributed by atoms with E-state index in [1.165, 1.54) is 18.3 Å². The van der Waals surface area contributed by atoms with Crippen molar-refractivity contribution in [1.29, 1.82) is 0 Å². The van der Waals surface area contributed by atoms with Gasteiger partial charge in [-0.2, -0.15) is 0 Å². The second kappa shape index (κ2) is 7.81. The van der Waals surface area contributed by atoms with Crippen molar-refractivity contribution in [3.63, 3.8) is 0 Å². The maximum absolute atomic E-state index is 14.1. The molecule has 0 saturated heterocycles. The van der Waals surface area contributed by atoms with E-state index < -0.39 is 0 Å². The number of nitrogens with zero attached hydrogens (tertiary/aromatic N) is 3. The number of anilines is 3. The zero-order chi connectivity index (χ0) is 21.5. The Morgan fingerprint density at radius 3 is 2.65 bits per heavy atom. The summed E-state index contributed by atoms with van der Waals surface area (Å²) in [6.07, 6.45) is 5.52. The summed E-state index contributed by atoms with van der Waals surface area (Å²) in [6, 6.07) is 9.43. The number of rotatable bonds is 0. The van der Waals surface area contributed by atoms with E-state index in [0.717, 1.165) is 36.2 Å². The highest BCUT2D eigenvalue weighted by Gasteiger charge is 2.34. The Morgan fingerprint density at radius 2 is 1.77 bits per heavy atom. The van der Waals surface area contributed by atoms with Crippen molar-refractivity contribution < 1.29 is 9.18 Å². The van der Waals surface area contributed by atoms with E-state index in [1.807, 2.05) is 4.90 Å². The van der Waals surface area contributed by atoms with E-state index in [9.17, 15) is 14.0 Å². The van der Waals surface area contributed by atoms with Crippen LogP contribution < -0.4 is 15.4 Å². The molecule has 1 amide bonds. The van der Waals surface area contributed by atoms with Crippen molar-refractivity contribution in [1.82, 2.24) is 9.97 Å². The van der Waals surface area contributed by atoms with Gasteiger partial charge in [-0.3, -0.25) is 14.5 Å². The molecule has 2 aliphatic heterocycles. The molecule has 2 bridgehead atoms. The predicted molar refractivity (Wildman–Crippen MR) is 118 cm³/mol. The molecule has 0 aliphatic carbocycles. The number of carbonyl (C=O) groups excluding carboxylic acids is 1. The van der Waals surface area contributed by atoms with Crippen LogP contribution in [0.25, 0.3) is 0 Å². The first-order valence-corrected chi connectivity index (χ1v) is 10.6. The van der Waals surface area contributed by atoms with Crippen molar-refractivity contribution in [2.24, 2.45) is 0 Å². The number of aryl methyl sites for hydroxylation is 2. The highest BCUT2D eigenvalue weighted by Crippen LogP contribution is 2.38. The van der Waals surface area contributed by atoms with Crippen molar-refractivity contribution in [2.45, 2.75) is 32.1 Å². The third-order valence-electron chi connectivity index (χ3n) is 5.82. The molecule has 0 unspecified atom stereocenters. The summed E-state index contributed by atoms with van der Waals surface area (Å²) in [6.45, 7) is 0.193. The zero-order valence-corrected chi connectivity index (χ0v) is 17.5. The lowest BCUT2D eigenvalue weighted by Crippen LogP contribution is -2.46. The van der Waals surface area contributed by atoms with Crippen molar-refractivity contribution in [2.75, 3.05) is 16.5 Å². The molecule has 3 aromatic rings. The third-order valence-corrected chi connectivity index (χ3v) is 6.03. The molecule has 0 spiro atoms. The number of carbonyl (C=O) groups is 1. The van der Waals surface area contributed by atoms with Gasteiger partial charge in [0.15, 0.2) is 0 Å². The van der Waals surface area contributed by atoms with Gasteiger partial charge in [-0.1, -0.05) is 18.0 Å². The van der Waals surface area contributed by atoms with Crippen molar-refractivity contribution in [3.05, 3.63) is 80.6 Å². The first-order chi connectivity index (χ1) is 15.0. The van der Waals surface area contributed by atoms with Gasteiger partial charge >= 0.3 is 0 Å². The highest BCUT2D eigenvalue weighted by molar-refractivity contribution is 6.31. The van der Waals surface area contributed by atoms with Gasteiger partial charge in [0.05, 0.1) is 16.3 Å². The van der Waals surface area contributed by atoms with Gasteiger partial charge in [0.1, 0.15) is 18.3 Å². The van der Waals surface area contributed by atoms with Gasteiger partial charge in [0.2, 0.25) is 5.56 Å². The van der Waals surface area contributed by atoms with E-state index >= 15 is 0 Å². The summed E-state index contributed by atoms with van der Waals surface area (Å²) in [4.78, 5) is 36.3. The fraction of sp³-hybridized carbons (Fsp3) is 0.261. The standard InChI is InChI=1S/C23H20ClFN4O2/c24-15-11-17-22(26-12-15)28-13-29(23(17)31)20-8-9-21(30)27-18(20)5-3-1-2-4-14-10-16(25)6-7-19(14)28/h6-12H,1-5,13H2,(H,27,30). The molecule has 158 valence electrons. The second-order valence-corrected chi connectivity index (χ2v) is 8.28. The summed E-state index contributed by atoms with van der Waals surface area (Å²) in [5.41, 5.74) is 3.24. The topological polar surface area (TPSA) is 69.3 Å². The molecule has 1 aromatic carbocycles. The molecule has 5 rings (SSSR count). The van der Waals surface area contributed by atoms with Gasteiger partial charge in [-0.15, -0.1) is 0 Å². The Bertz CT molecular complexity index is 1240. The third kappa shape index (κ3) is 3.59. The lowest BCUT2D eigenvalue weighted by atomic mass is 10.0. The summed E-state index contributed by atoms with van der Waals surface area (Å²) in [5.74, 6) is -0.0418. The van der Waals surface area contributed by atoms with Crippen molar-refractivity contribution in [3.8, 4) is 0 Å².